The monoisotopic (exact) mass is 191 g/mol. The van der Waals surface area contributed by atoms with Crippen LogP contribution in [-0.4, -0.2) is 12.4 Å². The maximum atomic E-state index is 11.5. The summed E-state index contributed by atoms with van der Waals surface area (Å²) in [4.78, 5) is 0. The van der Waals surface area contributed by atoms with Crippen molar-refractivity contribution in [1.82, 2.24) is 0 Å². The van der Waals surface area contributed by atoms with Crippen molar-refractivity contribution in [3.63, 3.8) is 0 Å². The Kier molecular flexibility index (Phi) is 2.96. The minimum Gasteiger partial charge on any atom is -0.198 e. The van der Waals surface area contributed by atoms with Crippen LogP contribution < -0.4 is 0 Å². The Bertz CT molecular complexity index is 184. The van der Waals surface area contributed by atoms with Crippen molar-refractivity contribution >= 4 is 0 Å². The van der Waals surface area contributed by atoms with Gasteiger partial charge in [0.25, 0.3) is 0 Å². The van der Waals surface area contributed by atoms with Gasteiger partial charge in [-0.1, -0.05) is 0 Å². The number of rotatable bonds is 1. The Labute approximate surface area is 63.6 Å². The molecule has 1 atom stereocenters. The summed E-state index contributed by atoms with van der Waals surface area (Å²) in [5.41, 5.74) is 0. The molecule has 0 radical (unpaired) electrons. The van der Waals surface area contributed by atoms with Gasteiger partial charge in [-0.25, -0.2) is 0 Å². The molecular weight excluding hydrogens is 188 g/mol. The van der Waals surface area contributed by atoms with E-state index < -0.39 is 24.7 Å². The first-order chi connectivity index (χ1) is 5.17. The SMILES string of the molecule is N#CC(CC(F)(F)F)C(F)(F)F. The van der Waals surface area contributed by atoms with E-state index in [2.05, 4.69) is 0 Å². The third-order valence-electron chi connectivity index (χ3n) is 0.987. The fourth-order valence-corrected chi connectivity index (χ4v) is 0.466. The molecule has 7 heteroatoms. The van der Waals surface area contributed by atoms with E-state index in [0.717, 1.165) is 0 Å². The van der Waals surface area contributed by atoms with Gasteiger partial charge in [0, 0.05) is 0 Å². The fraction of sp³-hybridized carbons (Fsp3) is 0.800. The molecule has 0 N–H and O–H groups in total. The lowest BCUT2D eigenvalue weighted by Gasteiger charge is -2.14. The third kappa shape index (κ3) is 4.05. The third-order valence-corrected chi connectivity index (χ3v) is 0.987. The predicted octanol–water partition coefficient (Wildman–Crippen LogP) is 2.64. The van der Waals surface area contributed by atoms with Gasteiger partial charge in [0.1, 0.15) is 0 Å². The molecule has 12 heavy (non-hydrogen) atoms. The zero-order valence-corrected chi connectivity index (χ0v) is 5.50. The number of halogens is 6. The van der Waals surface area contributed by atoms with Crippen LogP contribution >= 0.6 is 0 Å². The molecule has 0 spiro atoms. The zero-order chi connectivity index (χ0) is 9.99. The van der Waals surface area contributed by atoms with Crippen LogP contribution in [0.2, 0.25) is 0 Å². The molecule has 0 heterocycles. The standard InChI is InChI=1S/C5H3F6N/c6-4(7,8)1-3(2-12)5(9,10)11/h3H,1H2. The highest BCUT2D eigenvalue weighted by atomic mass is 19.4. The largest absolute Gasteiger partial charge is 0.404 e. The van der Waals surface area contributed by atoms with Crippen LogP contribution in [0.3, 0.4) is 0 Å². The molecule has 1 unspecified atom stereocenters. The molecule has 0 aliphatic carbocycles. The van der Waals surface area contributed by atoms with Crippen LogP contribution in [0.1, 0.15) is 6.42 Å². The lowest BCUT2D eigenvalue weighted by Crippen LogP contribution is -2.27. The van der Waals surface area contributed by atoms with Gasteiger partial charge in [-0.3, -0.25) is 0 Å². The maximum absolute atomic E-state index is 11.5. The van der Waals surface area contributed by atoms with Gasteiger partial charge in [-0.15, -0.1) is 0 Å². The molecule has 1 nitrogen and oxygen atoms in total. The number of nitriles is 1. The quantitative estimate of drug-likeness (QED) is 0.584. The summed E-state index contributed by atoms with van der Waals surface area (Å²) in [7, 11) is 0. The topological polar surface area (TPSA) is 23.8 Å². The van der Waals surface area contributed by atoms with E-state index in [1.165, 1.54) is 0 Å². The van der Waals surface area contributed by atoms with Gasteiger partial charge in [-0.2, -0.15) is 31.6 Å². The highest BCUT2D eigenvalue weighted by Crippen LogP contribution is 2.34. The first-order valence-electron chi connectivity index (χ1n) is 2.70. The van der Waals surface area contributed by atoms with E-state index in [1.807, 2.05) is 0 Å². The molecule has 0 saturated heterocycles. The molecule has 0 aromatic rings. The van der Waals surface area contributed by atoms with Crippen molar-refractivity contribution < 1.29 is 26.3 Å². The van der Waals surface area contributed by atoms with E-state index in [1.54, 1.807) is 0 Å². The second-order valence-electron chi connectivity index (χ2n) is 2.04. The highest BCUT2D eigenvalue weighted by molar-refractivity contribution is 4.89. The molecule has 0 aliphatic rings. The molecule has 0 aromatic carbocycles. The van der Waals surface area contributed by atoms with Crippen LogP contribution in [0.5, 0.6) is 0 Å². The molecule has 0 fully saturated rings. The molecule has 0 saturated carbocycles. The van der Waals surface area contributed by atoms with Crippen molar-refractivity contribution in [2.24, 2.45) is 5.92 Å². The number of nitrogens with zero attached hydrogens (tertiary/aromatic N) is 1. The van der Waals surface area contributed by atoms with Gasteiger partial charge < -0.3 is 0 Å². The molecule has 0 bridgehead atoms. The minimum absolute atomic E-state index is 0.554. The zero-order valence-electron chi connectivity index (χ0n) is 5.50. The summed E-state index contributed by atoms with van der Waals surface area (Å²) in [6.07, 6.45) is -12.2. The number of hydrogen-bond donors (Lipinski definition) is 0. The smallest absolute Gasteiger partial charge is 0.198 e. The Morgan fingerprint density at radius 3 is 1.58 bits per heavy atom. The lowest BCUT2D eigenvalue weighted by molar-refractivity contribution is -0.204. The maximum Gasteiger partial charge on any atom is 0.404 e. The Morgan fingerprint density at radius 1 is 1.08 bits per heavy atom. The Balaban J connectivity index is 4.33. The van der Waals surface area contributed by atoms with Crippen molar-refractivity contribution in [2.75, 3.05) is 0 Å². The number of hydrogen-bond acceptors (Lipinski definition) is 1. The van der Waals surface area contributed by atoms with Gasteiger partial charge in [-0.05, 0) is 0 Å². The van der Waals surface area contributed by atoms with Gasteiger partial charge in [0.05, 0.1) is 12.5 Å². The summed E-state index contributed by atoms with van der Waals surface area (Å²) in [6, 6.07) is 0.554. The van der Waals surface area contributed by atoms with Crippen molar-refractivity contribution in [2.45, 2.75) is 18.8 Å². The van der Waals surface area contributed by atoms with Gasteiger partial charge >= 0.3 is 12.4 Å². The van der Waals surface area contributed by atoms with Crippen LogP contribution in [0, 0.1) is 17.2 Å². The predicted molar refractivity (Wildman–Crippen MR) is 25.8 cm³/mol. The molecule has 0 rings (SSSR count). The van der Waals surface area contributed by atoms with E-state index in [4.69, 9.17) is 5.26 Å². The van der Waals surface area contributed by atoms with E-state index in [9.17, 15) is 26.3 Å². The van der Waals surface area contributed by atoms with Gasteiger partial charge in [0.15, 0.2) is 5.92 Å². The minimum atomic E-state index is -5.11. The van der Waals surface area contributed by atoms with Gasteiger partial charge in [0.2, 0.25) is 0 Å². The summed E-state index contributed by atoms with van der Waals surface area (Å²) < 4.78 is 68.7. The Morgan fingerprint density at radius 2 is 1.50 bits per heavy atom. The summed E-state index contributed by atoms with van der Waals surface area (Å²) in [5, 5.41) is 7.75. The highest BCUT2D eigenvalue weighted by Gasteiger charge is 2.46. The average Bonchev–Trinajstić information content (AvgIpc) is 1.78. The number of alkyl halides is 6. The summed E-state index contributed by atoms with van der Waals surface area (Å²) in [5.74, 6) is -2.96. The van der Waals surface area contributed by atoms with E-state index in [0.29, 0.717) is 6.07 Å². The second-order valence-corrected chi connectivity index (χ2v) is 2.04. The molecular formula is C5H3F6N. The molecule has 0 aliphatic heterocycles. The normalized spacial score (nSPS) is 15.4. The van der Waals surface area contributed by atoms with E-state index >= 15 is 0 Å². The molecule has 70 valence electrons. The second kappa shape index (κ2) is 3.21. The first-order valence-corrected chi connectivity index (χ1v) is 2.70. The van der Waals surface area contributed by atoms with Crippen LogP contribution in [0.15, 0.2) is 0 Å². The van der Waals surface area contributed by atoms with Crippen molar-refractivity contribution in [3.05, 3.63) is 0 Å². The molecule has 0 amide bonds. The summed E-state index contributed by atoms with van der Waals surface area (Å²) >= 11 is 0. The summed E-state index contributed by atoms with van der Waals surface area (Å²) in [6.45, 7) is 0. The van der Waals surface area contributed by atoms with Crippen LogP contribution in [-0.2, 0) is 0 Å². The first kappa shape index (κ1) is 11.1. The van der Waals surface area contributed by atoms with Crippen LogP contribution in [0.25, 0.3) is 0 Å². The van der Waals surface area contributed by atoms with E-state index in [-0.39, 0.29) is 0 Å². The van der Waals surface area contributed by atoms with Crippen LogP contribution in [0.4, 0.5) is 26.3 Å². The molecule has 0 aromatic heterocycles. The van der Waals surface area contributed by atoms with Crippen molar-refractivity contribution in [1.29, 1.82) is 5.26 Å². The lowest BCUT2D eigenvalue weighted by atomic mass is 10.1. The fourth-order valence-electron chi connectivity index (χ4n) is 0.466. The average molecular weight is 191 g/mol. The Hall–Kier alpha value is -0.930. The van der Waals surface area contributed by atoms with Crippen molar-refractivity contribution in [3.8, 4) is 6.07 Å².